The first-order chi connectivity index (χ1) is 7.59. The van der Waals surface area contributed by atoms with Crippen LogP contribution < -0.4 is 0 Å². The molecule has 0 aromatic carbocycles. The summed E-state index contributed by atoms with van der Waals surface area (Å²) in [5.74, 6) is -0.847. The summed E-state index contributed by atoms with van der Waals surface area (Å²) in [6.45, 7) is 1.64. The smallest absolute Gasteiger partial charge is 0.316 e. The Kier molecular flexibility index (Phi) is 2.82. The summed E-state index contributed by atoms with van der Waals surface area (Å²) in [6.07, 6.45) is 3.36. The summed E-state index contributed by atoms with van der Waals surface area (Å²) < 4.78 is 1.88. The molecule has 1 N–H and O–H groups in total. The van der Waals surface area contributed by atoms with Crippen LogP contribution in [0, 0.1) is 0 Å². The normalized spacial score (nSPS) is 12.9. The van der Waals surface area contributed by atoms with Crippen molar-refractivity contribution in [3.63, 3.8) is 0 Å². The first-order valence-corrected chi connectivity index (χ1v) is 5.63. The van der Waals surface area contributed by atoms with Gasteiger partial charge in [0.2, 0.25) is 0 Å². The van der Waals surface area contributed by atoms with Crippen LogP contribution >= 0.6 is 11.8 Å². The van der Waals surface area contributed by atoms with Crippen molar-refractivity contribution >= 4 is 28.8 Å². The van der Waals surface area contributed by atoms with Crippen molar-refractivity contribution in [2.75, 3.05) is 0 Å². The van der Waals surface area contributed by atoms with Gasteiger partial charge in [-0.15, -0.1) is 0 Å². The van der Waals surface area contributed by atoms with E-state index in [1.54, 1.807) is 19.4 Å². The molecule has 0 saturated heterocycles. The average Bonchev–Trinajstić information content (AvgIpc) is 2.62. The van der Waals surface area contributed by atoms with Crippen LogP contribution in [0.2, 0.25) is 0 Å². The van der Waals surface area contributed by atoms with Crippen molar-refractivity contribution in [1.29, 1.82) is 0 Å². The van der Waals surface area contributed by atoms with Gasteiger partial charge in [-0.1, -0.05) is 11.8 Å². The van der Waals surface area contributed by atoms with Crippen LogP contribution in [-0.2, 0) is 11.8 Å². The zero-order valence-corrected chi connectivity index (χ0v) is 9.73. The first kappa shape index (κ1) is 10.9. The maximum absolute atomic E-state index is 10.8. The van der Waals surface area contributed by atoms with Gasteiger partial charge in [-0.3, -0.25) is 4.79 Å². The molecule has 5 nitrogen and oxygen atoms in total. The van der Waals surface area contributed by atoms with Gasteiger partial charge in [0.15, 0.2) is 0 Å². The molecular weight excluding hydrogens is 226 g/mol. The number of nitrogens with zero attached hydrogens (tertiary/aromatic N) is 3. The third-order valence-corrected chi connectivity index (χ3v) is 3.32. The molecule has 16 heavy (non-hydrogen) atoms. The second-order valence-corrected chi connectivity index (χ2v) is 4.77. The fourth-order valence-electron chi connectivity index (χ4n) is 1.34. The Morgan fingerprint density at radius 1 is 1.56 bits per heavy atom. The largest absolute Gasteiger partial charge is 0.480 e. The van der Waals surface area contributed by atoms with Crippen molar-refractivity contribution < 1.29 is 9.90 Å². The van der Waals surface area contributed by atoms with Gasteiger partial charge < -0.3 is 9.67 Å². The lowest BCUT2D eigenvalue weighted by Gasteiger charge is -2.05. The fourth-order valence-corrected chi connectivity index (χ4v) is 2.17. The maximum atomic E-state index is 10.8. The molecule has 0 bridgehead atoms. The summed E-state index contributed by atoms with van der Waals surface area (Å²) in [5.41, 5.74) is 1.71. The number of aryl methyl sites for hydroxylation is 1. The first-order valence-electron chi connectivity index (χ1n) is 4.75. The Labute approximate surface area is 96.5 Å². The van der Waals surface area contributed by atoms with Crippen LogP contribution in [0.1, 0.15) is 6.92 Å². The van der Waals surface area contributed by atoms with E-state index in [-0.39, 0.29) is 0 Å². The molecule has 1 unspecified atom stereocenters. The monoisotopic (exact) mass is 237 g/mol. The zero-order valence-electron chi connectivity index (χ0n) is 8.91. The van der Waals surface area contributed by atoms with E-state index in [0.29, 0.717) is 5.03 Å². The third-order valence-electron chi connectivity index (χ3n) is 2.25. The lowest BCUT2D eigenvalue weighted by Crippen LogP contribution is -2.11. The van der Waals surface area contributed by atoms with Gasteiger partial charge in [0.05, 0.1) is 11.8 Å². The molecule has 2 rings (SSSR count). The molecule has 0 aliphatic carbocycles. The van der Waals surface area contributed by atoms with Gasteiger partial charge in [0.25, 0.3) is 0 Å². The maximum Gasteiger partial charge on any atom is 0.316 e. The molecule has 2 heterocycles. The molecule has 6 heteroatoms. The summed E-state index contributed by atoms with van der Waals surface area (Å²) in [6, 6.07) is 1.86. The van der Waals surface area contributed by atoms with Crippen molar-refractivity contribution in [2.24, 2.45) is 7.05 Å². The summed E-state index contributed by atoms with van der Waals surface area (Å²) in [7, 11) is 1.89. The molecule has 0 aliphatic rings. The molecule has 0 amide bonds. The number of aromatic nitrogens is 3. The number of fused-ring (bicyclic) bond motifs is 1. The summed E-state index contributed by atoms with van der Waals surface area (Å²) >= 11 is 1.21. The molecule has 2 aromatic rings. The van der Waals surface area contributed by atoms with Crippen LogP contribution in [-0.4, -0.2) is 30.9 Å². The third kappa shape index (κ3) is 1.88. The number of carboxylic acids is 1. The molecule has 1 atom stereocenters. The van der Waals surface area contributed by atoms with Crippen LogP contribution in [0.5, 0.6) is 0 Å². The van der Waals surface area contributed by atoms with Crippen molar-refractivity contribution in [3.8, 4) is 0 Å². The second kappa shape index (κ2) is 4.13. The summed E-state index contributed by atoms with van der Waals surface area (Å²) in [4.78, 5) is 19.2. The lowest BCUT2D eigenvalue weighted by atomic mass is 10.4. The molecule has 0 aliphatic heterocycles. The molecule has 0 saturated carbocycles. The number of pyridine rings is 1. The van der Waals surface area contributed by atoms with Crippen LogP contribution in [0.15, 0.2) is 23.6 Å². The van der Waals surface area contributed by atoms with Crippen LogP contribution in [0.4, 0.5) is 0 Å². The number of thioether (sulfide) groups is 1. The topological polar surface area (TPSA) is 68.0 Å². The van der Waals surface area contributed by atoms with E-state index in [1.165, 1.54) is 11.8 Å². The number of hydrogen-bond acceptors (Lipinski definition) is 4. The number of aliphatic carboxylic acids is 1. The molecule has 0 radical (unpaired) electrons. The minimum atomic E-state index is -0.847. The van der Waals surface area contributed by atoms with Crippen LogP contribution in [0.25, 0.3) is 11.0 Å². The van der Waals surface area contributed by atoms with E-state index in [0.717, 1.165) is 11.0 Å². The highest BCUT2D eigenvalue weighted by atomic mass is 32.2. The van der Waals surface area contributed by atoms with E-state index in [4.69, 9.17) is 5.11 Å². The number of imidazole rings is 1. The van der Waals surface area contributed by atoms with E-state index < -0.39 is 11.2 Å². The van der Waals surface area contributed by atoms with Crippen LogP contribution in [0.3, 0.4) is 0 Å². The van der Waals surface area contributed by atoms with Gasteiger partial charge >= 0.3 is 5.97 Å². The quantitative estimate of drug-likeness (QED) is 0.820. The van der Waals surface area contributed by atoms with Gasteiger partial charge in [-0.05, 0) is 13.0 Å². The standard InChI is InChI=1S/C10H11N3O2S/c1-6(10(14)15)16-9-8-7(3-4-11-9)13(2)5-12-8/h3-6H,1-2H3,(H,14,15). The highest BCUT2D eigenvalue weighted by Crippen LogP contribution is 2.27. The predicted octanol–water partition coefficient (Wildman–Crippen LogP) is 1.53. The van der Waals surface area contributed by atoms with Crippen molar-refractivity contribution in [3.05, 3.63) is 18.6 Å². The van der Waals surface area contributed by atoms with E-state index >= 15 is 0 Å². The molecule has 0 fully saturated rings. The molecule has 2 aromatic heterocycles. The summed E-state index contributed by atoms with van der Waals surface area (Å²) in [5, 5.41) is 8.98. The Bertz CT molecular complexity index is 538. The van der Waals surface area contributed by atoms with Crippen molar-refractivity contribution in [1.82, 2.24) is 14.5 Å². The number of carbonyl (C=O) groups is 1. The van der Waals surface area contributed by atoms with E-state index in [2.05, 4.69) is 9.97 Å². The Balaban J connectivity index is 2.41. The average molecular weight is 237 g/mol. The number of hydrogen-bond donors (Lipinski definition) is 1. The molecular formula is C10H11N3O2S. The fraction of sp³-hybridized carbons (Fsp3) is 0.300. The van der Waals surface area contributed by atoms with E-state index in [1.807, 2.05) is 17.7 Å². The zero-order chi connectivity index (χ0) is 11.7. The molecule has 84 valence electrons. The van der Waals surface area contributed by atoms with Crippen molar-refractivity contribution in [2.45, 2.75) is 17.2 Å². The SMILES string of the molecule is CC(Sc1nccc2c1ncn2C)C(=O)O. The number of rotatable bonds is 3. The Morgan fingerprint density at radius 3 is 3.00 bits per heavy atom. The Morgan fingerprint density at radius 2 is 2.31 bits per heavy atom. The highest BCUT2D eigenvalue weighted by molar-refractivity contribution is 8.00. The minimum absolute atomic E-state index is 0.528. The minimum Gasteiger partial charge on any atom is -0.480 e. The van der Waals surface area contributed by atoms with Gasteiger partial charge in [0.1, 0.15) is 15.8 Å². The predicted molar refractivity (Wildman–Crippen MR) is 61.5 cm³/mol. The molecule has 0 spiro atoms. The number of carboxylic acid groups (broad SMARTS) is 1. The highest BCUT2D eigenvalue weighted by Gasteiger charge is 2.16. The van der Waals surface area contributed by atoms with Gasteiger partial charge in [0, 0.05) is 13.2 Å². The second-order valence-electron chi connectivity index (χ2n) is 3.44. The van der Waals surface area contributed by atoms with Gasteiger partial charge in [-0.25, -0.2) is 9.97 Å². The van der Waals surface area contributed by atoms with E-state index in [9.17, 15) is 4.79 Å². The lowest BCUT2D eigenvalue weighted by molar-refractivity contribution is -0.136. The van der Waals surface area contributed by atoms with Gasteiger partial charge in [-0.2, -0.15) is 0 Å². The Hall–Kier alpha value is -1.56.